The monoisotopic (exact) mass is 1730 g/mol. The number of nitriles is 2. The molecule has 0 saturated heterocycles. The highest BCUT2D eigenvalue weighted by Crippen LogP contribution is 2.57. The maximum Gasteiger partial charge on any atom is 0.161 e. The summed E-state index contributed by atoms with van der Waals surface area (Å²) in [5, 5.41) is 29.2. The van der Waals surface area contributed by atoms with E-state index in [-0.39, 0.29) is 33.0 Å². The first-order valence-corrected chi connectivity index (χ1v) is 45.8. The zero-order valence-electron chi connectivity index (χ0n) is 77.2. The number of para-hydroxylation sites is 8. The zero-order valence-corrected chi connectivity index (χ0v) is 77.2. The molecule has 0 unspecified atom stereocenters. The SMILES string of the molecule is CC(C)(C)c1ccc(-c2c(-c3ccc(C(C)(C)C)cc3)c(-c3cnc(C#N)cn3)c(-c3ccc(C(C)(C)C)cc3)c(-c3ccc(C(C)(C)C)cc3)c2-c2cnc(C#N)cn2)cc1.c1cnc(-c2c(Cn3c4ccccc4c4ccccc43)c(-n3c4ccccc4c4ccccc43)c(-c3ncccn3)c(Cn3c4ccccc4c4ccccc43)c2-n2c3ccccc3c3ccccc32)nc1. The average molecular weight is 1740 g/mol. The summed E-state index contributed by atoms with van der Waals surface area (Å²) in [6, 6.07) is 114. The van der Waals surface area contributed by atoms with Crippen LogP contribution in [0.15, 0.2) is 353 Å². The van der Waals surface area contributed by atoms with E-state index >= 15 is 0 Å². The third kappa shape index (κ3) is 14.9. The van der Waals surface area contributed by atoms with Crippen molar-refractivity contribution in [2.75, 3.05) is 0 Å². The van der Waals surface area contributed by atoms with Crippen LogP contribution >= 0.6 is 0 Å². The van der Waals surface area contributed by atoms with Crippen molar-refractivity contribution in [2.24, 2.45) is 0 Å². The molecule has 0 atom stereocenters. The zero-order chi connectivity index (χ0) is 92.1. The van der Waals surface area contributed by atoms with Crippen LogP contribution < -0.4 is 0 Å². The molecule has 0 fully saturated rings. The Bertz CT molecular complexity index is 7560. The first-order valence-electron chi connectivity index (χ1n) is 45.8. The van der Waals surface area contributed by atoms with Crippen LogP contribution in [0.5, 0.6) is 0 Å². The van der Waals surface area contributed by atoms with E-state index in [1.54, 1.807) is 24.8 Å². The second kappa shape index (κ2) is 33.5. The molecule has 0 N–H and O–H groups in total. The summed E-state index contributed by atoms with van der Waals surface area (Å²) >= 11 is 0. The summed E-state index contributed by atoms with van der Waals surface area (Å²) in [4.78, 5) is 40.6. The first kappa shape index (κ1) is 84.4. The molecule has 14 nitrogen and oxygen atoms in total. The highest BCUT2D eigenvalue weighted by molar-refractivity contribution is 6.17. The van der Waals surface area contributed by atoms with Crippen LogP contribution in [-0.2, 0) is 34.7 Å². The Morgan fingerprint density at radius 3 is 0.672 bits per heavy atom. The molecule has 0 radical (unpaired) electrons. The second-order valence-electron chi connectivity index (χ2n) is 38.9. The third-order valence-corrected chi connectivity index (χ3v) is 26.5. The van der Waals surface area contributed by atoms with E-state index < -0.39 is 0 Å². The van der Waals surface area contributed by atoms with Crippen molar-refractivity contribution in [3.05, 3.63) is 398 Å². The molecular weight excluding hydrogens is 1640 g/mol. The van der Waals surface area contributed by atoms with E-state index in [0.29, 0.717) is 36.1 Å². The largest absolute Gasteiger partial charge is 0.336 e. The molecule has 8 aromatic heterocycles. The number of hydrogen-bond donors (Lipinski definition) is 0. The van der Waals surface area contributed by atoms with Gasteiger partial charge in [-0.15, -0.1) is 0 Å². The van der Waals surface area contributed by atoms with Gasteiger partial charge in [0.15, 0.2) is 23.0 Å². The standard InChI is InChI=1S/C64H42N8.C56H56N6/c1-9-27-51-41(19-1)42-20-2-10-28-52(42)69(51)39-49-59(63-65-35-17-36-66-63)62(72-57-33-15-7-25-47(57)48-26-8-16-34-58(48)72)50(40-70-53-29-11-3-21-43(53)44-22-4-12-30-54(44)70)60(64-67-37-18-38-68-64)61(49)71-55-31-13-5-23-45(55)46-24-6-14-32-56(46)71;1-53(2,3)39-21-13-35(14-22-39)47-48(36-15-23-40(24-16-36)54(4,5)6)52(46-34-60-44(30-58)32-62-46)50(38-19-27-42(28-20-38)56(10,11)12)49(37-17-25-41(26-18-37)55(7,8)9)51(47)45-33-59-43(29-57)31-61-45/h1-38H,39-40H2;13-28,31-34H,1-12H3. The minimum Gasteiger partial charge on any atom is -0.336 e. The molecule has 14 aromatic carbocycles. The maximum atomic E-state index is 9.91. The van der Waals surface area contributed by atoms with Crippen molar-refractivity contribution >= 4 is 87.2 Å². The fourth-order valence-corrected chi connectivity index (χ4v) is 19.9. The molecule has 0 amide bonds. The van der Waals surface area contributed by atoms with Crippen LogP contribution in [0.3, 0.4) is 0 Å². The second-order valence-corrected chi connectivity index (χ2v) is 38.9. The van der Waals surface area contributed by atoms with Crippen LogP contribution in [0.4, 0.5) is 0 Å². The van der Waals surface area contributed by atoms with Crippen LogP contribution in [0.1, 0.15) is 128 Å². The van der Waals surface area contributed by atoms with Crippen molar-refractivity contribution in [1.29, 1.82) is 10.5 Å². The Balaban J connectivity index is 0.000000163. The fraction of sp³-hybridized carbons (Fsp3) is 0.150. The topological polar surface area (TPSA) is 170 Å². The quantitative estimate of drug-likeness (QED) is 0.102. The molecule has 8 heterocycles. The fourth-order valence-electron chi connectivity index (χ4n) is 19.9. The molecule has 22 aromatic rings. The predicted molar refractivity (Wildman–Crippen MR) is 549 cm³/mol. The number of hydrogen-bond acceptors (Lipinski definition) is 10. The predicted octanol–water partition coefficient (Wildman–Crippen LogP) is 29.3. The van der Waals surface area contributed by atoms with Gasteiger partial charge in [-0.2, -0.15) is 10.5 Å². The van der Waals surface area contributed by atoms with Gasteiger partial charge in [0, 0.05) is 134 Å². The molecular formula is C120H98N14. The highest BCUT2D eigenvalue weighted by atomic mass is 15.1. The van der Waals surface area contributed by atoms with E-state index in [1.807, 2.05) is 36.9 Å². The van der Waals surface area contributed by atoms with Gasteiger partial charge in [0.1, 0.15) is 12.1 Å². The molecule has 648 valence electrons. The summed E-state index contributed by atoms with van der Waals surface area (Å²) in [6.45, 7) is 27.6. The number of benzene rings is 14. The Kier molecular flexibility index (Phi) is 21.1. The van der Waals surface area contributed by atoms with Gasteiger partial charge in [-0.25, -0.2) is 29.9 Å². The average Bonchev–Trinajstić information content (AvgIpc) is 1.42. The molecule has 0 aliphatic carbocycles. The molecule has 0 aliphatic heterocycles. The van der Waals surface area contributed by atoms with Crippen LogP contribution in [0, 0.1) is 22.7 Å². The van der Waals surface area contributed by atoms with Crippen LogP contribution in [0.25, 0.3) is 188 Å². The van der Waals surface area contributed by atoms with E-state index in [4.69, 9.17) is 29.9 Å². The Morgan fingerprint density at radius 2 is 0.455 bits per heavy atom. The summed E-state index contributed by atoms with van der Waals surface area (Å²) in [5.41, 5.74) is 30.5. The lowest BCUT2D eigenvalue weighted by atomic mass is 9.74. The van der Waals surface area contributed by atoms with Crippen LogP contribution in [-0.4, -0.2) is 58.1 Å². The lowest BCUT2D eigenvalue weighted by Crippen LogP contribution is -2.18. The number of fused-ring (bicyclic) bond motifs is 12. The van der Waals surface area contributed by atoms with Crippen molar-refractivity contribution < 1.29 is 0 Å². The summed E-state index contributed by atoms with van der Waals surface area (Å²) in [5.74, 6) is 1.24. The van der Waals surface area contributed by atoms with Crippen molar-refractivity contribution in [3.8, 4) is 113 Å². The summed E-state index contributed by atoms with van der Waals surface area (Å²) < 4.78 is 9.94. The molecule has 0 saturated carbocycles. The van der Waals surface area contributed by atoms with Gasteiger partial charge in [-0.1, -0.05) is 326 Å². The lowest BCUT2D eigenvalue weighted by molar-refractivity contribution is 0.590. The van der Waals surface area contributed by atoms with E-state index in [0.717, 1.165) is 155 Å². The smallest absolute Gasteiger partial charge is 0.161 e. The van der Waals surface area contributed by atoms with Gasteiger partial charge in [-0.05, 0) is 127 Å². The first-order chi connectivity index (χ1) is 65.0. The van der Waals surface area contributed by atoms with Gasteiger partial charge in [-0.3, -0.25) is 9.97 Å². The van der Waals surface area contributed by atoms with Gasteiger partial charge < -0.3 is 18.3 Å². The van der Waals surface area contributed by atoms with E-state index in [9.17, 15) is 10.5 Å². The molecule has 0 spiro atoms. The number of rotatable bonds is 14. The van der Waals surface area contributed by atoms with Crippen molar-refractivity contribution in [1.82, 2.24) is 58.1 Å². The van der Waals surface area contributed by atoms with Crippen LogP contribution in [0.2, 0.25) is 0 Å². The maximum absolute atomic E-state index is 9.91. The number of aromatic nitrogens is 12. The molecule has 0 bridgehead atoms. The summed E-state index contributed by atoms with van der Waals surface area (Å²) in [7, 11) is 0. The van der Waals surface area contributed by atoms with Crippen molar-refractivity contribution in [2.45, 2.75) is 118 Å². The Morgan fingerprint density at radius 1 is 0.231 bits per heavy atom. The minimum atomic E-state index is -0.0716. The van der Waals surface area contributed by atoms with E-state index in [2.05, 4.69) is 415 Å². The normalized spacial score (nSPS) is 12.1. The molecule has 0 aliphatic rings. The Hall–Kier alpha value is -16.4. The van der Waals surface area contributed by atoms with Gasteiger partial charge in [0.05, 0.1) is 93.8 Å². The third-order valence-electron chi connectivity index (χ3n) is 26.5. The lowest BCUT2D eigenvalue weighted by Gasteiger charge is -2.29. The van der Waals surface area contributed by atoms with Gasteiger partial charge in [0.25, 0.3) is 0 Å². The van der Waals surface area contributed by atoms with Crippen molar-refractivity contribution in [3.63, 3.8) is 0 Å². The molecule has 14 heteroatoms. The molecule has 134 heavy (non-hydrogen) atoms. The number of nitrogens with zero attached hydrogens (tertiary/aromatic N) is 14. The van der Waals surface area contributed by atoms with E-state index in [1.165, 1.54) is 43.8 Å². The highest BCUT2D eigenvalue weighted by Gasteiger charge is 2.37. The minimum absolute atomic E-state index is 0.0716. The molecule has 22 rings (SSSR count). The summed E-state index contributed by atoms with van der Waals surface area (Å²) in [6.07, 6.45) is 14.1. The van der Waals surface area contributed by atoms with Gasteiger partial charge in [0.2, 0.25) is 0 Å². The Labute approximate surface area is 779 Å². The van der Waals surface area contributed by atoms with Gasteiger partial charge >= 0.3 is 0 Å².